The van der Waals surface area contributed by atoms with E-state index in [9.17, 15) is 12.8 Å². The van der Waals surface area contributed by atoms with Gasteiger partial charge in [0.2, 0.25) is 5.95 Å². The fourth-order valence-corrected chi connectivity index (χ4v) is 4.37. The summed E-state index contributed by atoms with van der Waals surface area (Å²) < 4.78 is 47.1. The van der Waals surface area contributed by atoms with Crippen molar-refractivity contribution in [3.63, 3.8) is 0 Å². The summed E-state index contributed by atoms with van der Waals surface area (Å²) in [7, 11) is -0.775. The first-order valence-electron chi connectivity index (χ1n) is 6.18. The zero-order valence-corrected chi connectivity index (χ0v) is 13.3. The van der Waals surface area contributed by atoms with Gasteiger partial charge in [-0.2, -0.15) is 0 Å². The van der Waals surface area contributed by atoms with Crippen molar-refractivity contribution in [1.29, 1.82) is 0 Å². The van der Waals surface area contributed by atoms with Crippen molar-refractivity contribution in [1.82, 2.24) is 9.55 Å². The molecule has 2 heterocycles. The molecule has 0 bridgehead atoms. The van der Waals surface area contributed by atoms with E-state index in [-0.39, 0.29) is 15.9 Å². The van der Waals surface area contributed by atoms with Crippen molar-refractivity contribution in [3.8, 4) is 5.75 Å². The van der Waals surface area contributed by atoms with Gasteiger partial charge in [0.1, 0.15) is 11.6 Å². The number of nitrogens with one attached hydrogen (secondary N) is 1. The Morgan fingerprint density at radius 3 is 2.86 bits per heavy atom. The molecule has 6 nitrogen and oxygen atoms in total. The molecule has 0 aliphatic carbocycles. The Hall–Kier alpha value is -2.13. The van der Waals surface area contributed by atoms with Crippen LogP contribution in [-0.4, -0.2) is 25.1 Å². The number of aromatic nitrogens is 2. The Balaban J connectivity index is 2.04. The van der Waals surface area contributed by atoms with Crippen molar-refractivity contribution >= 4 is 38.3 Å². The van der Waals surface area contributed by atoms with Crippen LogP contribution in [-0.2, 0) is 17.1 Å². The van der Waals surface area contributed by atoms with Crippen molar-refractivity contribution in [2.45, 2.75) is 4.21 Å². The summed E-state index contributed by atoms with van der Waals surface area (Å²) in [6, 6.07) is 5.66. The van der Waals surface area contributed by atoms with E-state index in [0.717, 1.165) is 11.3 Å². The smallest absolute Gasteiger partial charge is 0.277 e. The summed E-state index contributed by atoms with van der Waals surface area (Å²) in [5, 5.41) is 1.62. The average molecular weight is 341 g/mol. The van der Waals surface area contributed by atoms with Crippen LogP contribution in [0, 0.1) is 5.82 Å². The van der Waals surface area contributed by atoms with E-state index in [1.165, 1.54) is 19.2 Å². The lowest BCUT2D eigenvalue weighted by Crippen LogP contribution is -2.15. The number of thiophene rings is 1. The Kier molecular flexibility index (Phi) is 3.53. The molecule has 2 aromatic heterocycles. The second-order valence-corrected chi connectivity index (χ2v) is 7.30. The van der Waals surface area contributed by atoms with Gasteiger partial charge in [-0.05, 0) is 23.6 Å². The molecule has 0 spiro atoms. The van der Waals surface area contributed by atoms with E-state index in [1.54, 1.807) is 29.1 Å². The molecule has 3 rings (SSSR count). The van der Waals surface area contributed by atoms with Crippen LogP contribution in [0.25, 0.3) is 11.0 Å². The molecule has 116 valence electrons. The molecular formula is C13H12FN3O3S2. The Labute approximate surface area is 130 Å². The summed E-state index contributed by atoms with van der Waals surface area (Å²) >= 11 is 1.04. The highest BCUT2D eigenvalue weighted by atomic mass is 32.2. The normalized spacial score (nSPS) is 11.8. The summed E-state index contributed by atoms with van der Waals surface area (Å²) in [5.41, 5.74) is 0.996. The van der Waals surface area contributed by atoms with Crippen molar-refractivity contribution in [3.05, 3.63) is 35.5 Å². The minimum absolute atomic E-state index is 0.0632. The predicted octanol–water partition coefficient (Wildman–Crippen LogP) is 2.58. The van der Waals surface area contributed by atoms with Crippen molar-refractivity contribution in [2.75, 3.05) is 11.8 Å². The molecule has 0 atom stereocenters. The maximum Gasteiger partial charge on any atom is 0.277 e. The van der Waals surface area contributed by atoms with Crippen LogP contribution in [0.2, 0.25) is 0 Å². The van der Waals surface area contributed by atoms with Crippen molar-refractivity contribution < 1.29 is 17.5 Å². The van der Waals surface area contributed by atoms with Gasteiger partial charge < -0.3 is 9.30 Å². The molecule has 0 saturated heterocycles. The number of rotatable bonds is 4. The van der Waals surface area contributed by atoms with Gasteiger partial charge in [-0.15, -0.1) is 11.3 Å². The highest BCUT2D eigenvalue weighted by Gasteiger charge is 2.23. The lowest BCUT2D eigenvalue weighted by molar-refractivity contribution is 0.406. The predicted molar refractivity (Wildman–Crippen MR) is 82.4 cm³/mol. The third kappa shape index (κ3) is 2.42. The minimum Gasteiger partial charge on any atom is -0.494 e. The zero-order valence-electron chi connectivity index (χ0n) is 11.7. The SMILES string of the molecule is COc1ccsc1S(=O)(=O)Nc1nc2cc(F)ccc2n1C. The Morgan fingerprint density at radius 2 is 2.14 bits per heavy atom. The molecule has 9 heteroatoms. The summed E-state index contributed by atoms with van der Waals surface area (Å²) in [5.74, 6) is -0.0571. The molecule has 0 aliphatic heterocycles. The molecule has 0 amide bonds. The molecule has 0 radical (unpaired) electrons. The Morgan fingerprint density at radius 1 is 1.36 bits per heavy atom. The topological polar surface area (TPSA) is 73.2 Å². The number of hydrogen-bond donors (Lipinski definition) is 1. The number of methoxy groups -OCH3 is 1. The number of hydrogen-bond acceptors (Lipinski definition) is 5. The van der Waals surface area contributed by atoms with Crippen LogP contribution in [0.4, 0.5) is 10.3 Å². The molecule has 0 unspecified atom stereocenters. The number of benzene rings is 1. The number of sulfonamides is 1. The molecule has 22 heavy (non-hydrogen) atoms. The third-order valence-corrected chi connectivity index (χ3v) is 5.90. The van der Waals surface area contributed by atoms with Crippen LogP contribution in [0.1, 0.15) is 0 Å². The van der Waals surface area contributed by atoms with Gasteiger partial charge in [0, 0.05) is 13.1 Å². The number of imidazole rings is 1. The molecule has 1 N–H and O–H groups in total. The van der Waals surface area contributed by atoms with Gasteiger partial charge in [0.05, 0.1) is 18.1 Å². The van der Waals surface area contributed by atoms with E-state index in [4.69, 9.17) is 4.74 Å². The highest BCUT2D eigenvalue weighted by molar-refractivity contribution is 7.94. The summed E-state index contributed by atoms with van der Waals surface area (Å²) in [6.07, 6.45) is 0. The minimum atomic E-state index is -3.83. The first-order chi connectivity index (χ1) is 10.4. The lowest BCUT2D eigenvalue weighted by Gasteiger charge is -2.07. The lowest BCUT2D eigenvalue weighted by atomic mass is 10.3. The van der Waals surface area contributed by atoms with Gasteiger partial charge in [-0.25, -0.2) is 22.5 Å². The van der Waals surface area contributed by atoms with Gasteiger partial charge in [-0.3, -0.25) is 0 Å². The van der Waals surface area contributed by atoms with Gasteiger partial charge in [0.25, 0.3) is 10.0 Å². The third-order valence-electron chi connectivity index (χ3n) is 3.13. The number of halogens is 1. The first kappa shape index (κ1) is 14.8. The second-order valence-electron chi connectivity index (χ2n) is 4.51. The van der Waals surface area contributed by atoms with Crippen LogP contribution in [0.15, 0.2) is 33.9 Å². The molecule has 1 aromatic carbocycles. The maximum absolute atomic E-state index is 13.2. The number of ether oxygens (including phenoxy) is 1. The molecule has 0 saturated carbocycles. The number of anilines is 1. The van der Waals surface area contributed by atoms with Crippen LogP contribution < -0.4 is 9.46 Å². The van der Waals surface area contributed by atoms with Gasteiger partial charge in [0.15, 0.2) is 4.21 Å². The Bertz CT molecular complexity index is 947. The number of nitrogens with zero attached hydrogens (tertiary/aromatic N) is 2. The summed E-state index contributed by atoms with van der Waals surface area (Å²) in [4.78, 5) is 4.12. The van der Waals surface area contributed by atoms with Gasteiger partial charge in [-0.1, -0.05) is 0 Å². The van der Waals surface area contributed by atoms with Crippen LogP contribution in [0.5, 0.6) is 5.75 Å². The largest absolute Gasteiger partial charge is 0.494 e. The van der Waals surface area contributed by atoms with Crippen molar-refractivity contribution in [2.24, 2.45) is 7.05 Å². The quantitative estimate of drug-likeness (QED) is 0.792. The van der Waals surface area contributed by atoms with Gasteiger partial charge >= 0.3 is 0 Å². The van der Waals surface area contributed by atoms with Crippen LogP contribution >= 0.6 is 11.3 Å². The van der Waals surface area contributed by atoms with E-state index in [2.05, 4.69) is 9.71 Å². The molecular weight excluding hydrogens is 329 g/mol. The first-order valence-corrected chi connectivity index (χ1v) is 8.55. The fraction of sp³-hybridized carbons (Fsp3) is 0.154. The highest BCUT2D eigenvalue weighted by Crippen LogP contribution is 2.31. The van der Waals surface area contributed by atoms with E-state index >= 15 is 0 Å². The van der Waals surface area contributed by atoms with E-state index in [1.807, 2.05) is 0 Å². The van der Waals surface area contributed by atoms with Crippen LogP contribution in [0.3, 0.4) is 0 Å². The van der Waals surface area contributed by atoms with E-state index < -0.39 is 15.8 Å². The molecule has 0 aliphatic rings. The maximum atomic E-state index is 13.2. The second kappa shape index (κ2) is 5.25. The summed E-state index contributed by atoms with van der Waals surface area (Å²) in [6.45, 7) is 0. The zero-order chi connectivity index (χ0) is 15.9. The average Bonchev–Trinajstić information content (AvgIpc) is 3.04. The molecule has 0 fully saturated rings. The van der Waals surface area contributed by atoms with E-state index in [0.29, 0.717) is 11.0 Å². The number of aryl methyl sites for hydroxylation is 1. The molecule has 3 aromatic rings. The standard InChI is InChI=1S/C13H12FN3O3S2/c1-17-10-4-3-8(14)7-9(10)15-13(17)16-22(18,19)12-11(20-2)5-6-21-12/h3-7H,1-2H3,(H,15,16). The number of fused-ring (bicyclic) bond motifs is 1. The fourth-order valence-electron chi connectivity index (χ4n) is 2.06. The monoisotopic (exact) mass is 341 g/mol.